The minimum absolute atomic E-state index is 0.0356. The van der Waals surface area contributed by atoms with Gasteiger partial charge in [0.05, 0.1) is 11.9 Å². The maximum absolute atomic E-state index is 9.38. The molecule has 1 aromatic carbocycles. The van der Waals surface area contributed by atoms with E-state index in [1.54, 1.807) is 30.7 Å². The lowest BCUT2D eigenvalue weighted by Gasteiger charge is -1.99. The van der Waals surface area contributed by atoms with Crippen molar-refractivity contribution < 1.29 is 5.11 Å². The summed E-state index contributed by atoms with van der Waals surface area (Å²) >= 11 is 0. The number of benzene rings is 1. The SMILES string of the molecule is Nc1cc(-c2n[nH]c(-c3cnccn3)n2)ccc1O. The summed E-state index contributed by atoms with van der Waals surface area (Å²) < 4.78 is 0. The highest BCUT2D eigenvalue weighted by atomic mass is 16.3. The molecular formula is C12H10N6O. The average Bonchev–Trinajstić information content (AvgIpc) is 2.93. The fourth-order valence-corrected chi connectivity index (χ4v) is 1.62. The van der Waals surface area contributed by atoms with Crippen LogP contribution < -0.4 is 5.73 Å². The topological polar surface area (TPSA) is 114 Å². The van der Waals surface area contributed by atoms with Crippen LogP contribution in [-0.2, 0) is 0 Å². The van der Waals surface area contributed by atoms with E-state index < -0.39 is 0 Å². The van der Waals surface area contributed by atoms with E-state index in [1.165, 1.54) is 6.07 Å². The maximum atomic E-state index is 9.38. The Bertz CT molecular complexity index is 709. The van der Waals surface area contributed by atoms with E-state index in [4.69, 9.17) is 5.73 Å². The molecule has 4 N–H and O–H groups in total. The Kier molecular flexibility index (Phi) is 2.57. The van der Waals surface area contributed by atoms with Crippen LogP contribution in [0.1, 0.15) is 0 Å². The third kappa shape index (κ3) is 2.08. The number of H-pyrrole nitrogens is 1. The van der Waals surface area contributed by atoms with Crippen molar-refractivity contribution in [3.8, 4) is 28.7 Å². The number of hydrogen-bond acceptors (Lipinski definition) is 6. The van der Waals surface area contributed by atoms with E-state index >= 15 is 0 Å². The molecule has 3 aromatic rings. The van der Waals surface area contributed by atoms with Gasteiger partial charge in [-0.2, -0.15) is 5.10 Å². The summed E-state index contributed by atoms with van der Waals surface area (Å²) in [6, 6.07) is 4.80. The fourth-order valence-electron chi connectivity index (χ4n) is 1.62. The molecule has 0 aliphatic carbocycles. The molecule has 0 amide bonds. The molecule has 0 aliphatic rings. The van der Waals surface area contributed by atoms with Crippen LogP contribution in [0.3, 0.4) is 0 Å². The Morgan fingerprint density at radius 3 is 2.84 bits per heavy atom. The summed E-state index contributed by atoms with van der Waals surface area (Å²) in [5, 5.41) is 16.3. The summed E-state index contributed by atoms with van der Waals surface area (Å²) in [6.45, 7) is 0. The summed E-state index contributed by atoms with van der Waals surface area (Å²) in [7, 11) is 0. The van der Waals surface area contributed by atoms with E-state index in [1.807, 2.05) is 0 Å². The zero-order valence-electron chi connectivity index (χ0n) is 9.78. The van der Waals surface area contributed by atoms with Gasteiger partial charge in [0, 0.05) is 18.0 Å². The Hall–Kier alpha value is -2.96. The van der Waals surface area contributed by atoms with Gasteiger partial charge in [0.1, 0.15) is 11.4 Å². The van der Waals surface area contributed by atoms with E-state index in [2.05, 4.69) is 25.1 Å². The van der Waals surface area contributed by atoms with Crippen LogP contribution in [0.4, 0.5) is 5.69 Å². The second kappa shape index (κ2) is 4.37. The number of rotatable bonds is 2. The molecule has 7 nitrogen and oxygen atoms in total. The van der Waals surface area contributed by atoms with Gasteiger partial charge < -0.3 is 10.8 Å². The molecule has 0 bridgehead atoms. The maximum Gasteiger partial charge on any atom is 0.181 e. The summed E-state index contributed by atoms with van der Waals surface area (Å²) in [6.07, 6.45) is 4.76. The highest BCUT2D eigenvalue weighted by Crippen LogP contribution is 2.26. The molecule has 0 radical (unpaired) electrons. The standard InChI is InChI=1S/C12H10N6O/c13-8-5-7(1-2-10(8)19)11-16-12(18-17-11)9-6-14-3-4-15-9/h1-6,19H,13H2,(H,16,17,18). The van der Waals surface area contributed by atoms with Gasteiger partial charge in [-0.05, 0) is 18.2 Å². The van der Waals surface area contributed by atoms with Crippen molar-refractivity contribution in [3.63, 3.8) is 0 Å². The number of nitrogen functional groups attached to an aromatic ring is 1. The number of aromatic nitrogens is 5. The highest BCUT2D eigenvalue weighted by Gasteiger charge is 2.09. The summed E-state index contributed by atoms with van der Waals surface area (Å²) in [5.74, 6) is 1.04. The van der Waals surface area contributed by atoms with E-state index in [9.17, 15) is 5.11 Å². The van der Waals surface area contributed by atoms with Crippen LogP contribution in [0.25, 0.3) is 22.9 Å². The molecule has 0 saturated carbocycles. The van der Waals surface area contributed by atoms with Crippen LogP contribution >= 0.6 is 0 Å². The van der Waals surface area contributed by atoms with Crippen molar-refractivity contribution in [2.75, 3.05) is 5.73 Å². The third-order valence-corrected chi connectivity index (χ3v) is 2.58. The van der Waals surface area contributed by atoms with Crippen molar-refractivity contribution in [2.24, 2.45) is 0 Å². The number of nitrogens with zero attached hydrogens (tertiary/aromatic N) is 4. The average molecular weight is 254 g/mol. The first kappa shape index (κ1) is 11.1. The number of phenolic OH excluding ortho intramolecular Hbond substituents is 1. The monoisotopic (exact) mass is 254 g/mol. The normalized spacial score (nSPS) is 10.5. The molecule has 0 atom stereocenters. The molecule has 0 saturated heterocycles. The number of aromatic amines is 1. The number of phenols is 1. The Morgan fingerprint density at radius 2 is 2.11 bits per heavy atom. The summed E-state index contributed by atoms with van der Waals surface area (Å²) in [4.78, 5) is 12.4. The number of aromatic hydroxyl groups is 1. The minimum atomic E-state index is 0.0356. The van der Waals surface area contributed by atoms with Gasteiger partial charge in [0.2, 0.25) is 0 Å². The van der Waals surface area contributed by atoms with Gasteiger partial charge in [-0.25, -0.2) is 9.97 Å². The highest BCUT2D eigenvalue weighted by molar-refractivity contribution is 5.66. The molecule has 2 heterocycles. The number of nitrogens with two attached hydrogens (primary N) is 1. The molecule has 0 spiro atoms. The third-order valence-electron chi connectivity index (χ3n) is 2.58. The smallest absolute Gasteiger partial charge is 0.181 e. The molecule has 3 rings (SSSR count). The van der Waals surface area contributed by atoms with Gasteiger partial charge >= 0.3 is 0 Å². The predicted molar refractivity (Wildman–Crippen MR) is 68.9 cm³/mol. The Morgan fingerprint density at radius 1 is 1.21 bits per heavy atom. The molecular weight excluding hydrogens is 244 g/mol. The van der Waals surface area contributed by atoms with Gasteiger partial charge in [-0.3, -0.25) is 10.1 Å². The van der Waals surface area contributed by atoms with Gasteiger partial charge in [-0.15, -0.1) is 0 Å². The number of hydrogen-bond donors (Lipinski definition) is 3. The van der Waals surface area contributed by atoms with Crippen molar-refractivity contribution in [1.82, 2.24) is 25.1 Å². The fraction of sp³-hybridized carbons (Fsp3) is 0. The zero-order valence-corrected chi connectivity index (χ0v) is 9.78. The Balaban J connectivity index is 1.99. The molecule has 19 heavy (non-hydrogen) atoms. The zero-order chi connectivity index (χ0) is 13.2. The minimum Gasteiger partial charge on any atom is -0.506 e. The lowest BCUT2D eigenvalue weighted by atomic mass is 10.2. The Labute approximate surface area is 108 Å². The molecule has 0 fully saturated rings. The molecule has 0 unspecified atom stereocenters. The van der Waals surface area contributed by atoms with Crippen molar-refractivity contribution >= 4 is 5.69 Å². The van der Waals surface area contributed by atoms with Crippen LogP contribution in [0.15, 0.2) is 36.8 Å². The lowest BCUT2D eigenvalue weighted by molar-refractivity contribution is 0.478. The van der Waals surface area contributed by atoms with E-state index in [0.717, 1.165) is 0 Å². The molecule has 2 aromatic heterocycles. The molecule has 94 valence electrons. The van der Waals surface area contributed by atoms with E-state index in [0.29, 0.717) is 22.9 Å². The van der Waals surface area contributed by atoms with E-state index in [-0.39, 0.29) is 11.4 Å². The van der Waals surface area contributed by atoms with Gasteiger partial charge in [0.15, 0.2) is 11.6 Å². The van der Waals surface area contributed by atoms with Gasteiger partial charge in [0.25, 0.3) is 0 Å². The van der Waals surface area contributed by atoms with Crippen LogP contribution in [0.5, 0.6) is 5.75 Å². The quantitative estimate of drug-likeness (QED) is 0.468. The molecule has 0 aliphatic heterocycles. The first-order valence-corrected chi connectivity index (χ1v) is 5.51. The predicted octanol–water partition coefficient (Wildman–Crippen LogP) is 1.22. The van der Waals surface area contributed by atoms with Crippen LogP contribution in [0, 0.1) is 0 Å². The van der Waals surface area contributed by atoms with Crippen molar-refractivity contribution in [3.05, 3.63) is 36.8 Å². The number of anilines is 1. The second-order valence-corrected chi connectivity index (χ2v) is 3.87. The first-order valence-electron chi connectivity index (χ1n) is 5.51. The van der Waals surface area contributed by atoms with Crippen LogP contribution in [-0.4, -0.2) is 30.3 Å². The molecule has 7 heteroatoms. The lowest BCUT2D eigenvalue weighted by Crippen LogP contribution is -1.88. The van der Waals surface area contributed by atoms with Crippen LogP contribution in [0.2, 0.25) is 0 Å². The van der Waals surface area contributed by atoms with Crippen molar-refractivity contribution in [1.29, 1.82) is 0 Å². The second-order valence-electron chi connectivity index (χ2n) is 3.87. The first-order chi connectivity index (χ1) is 9.24. The summed E-state index contributed by atoms with van der Waals surface area (Å²) in [5.41, 5.74) is 7.23. The van der Waals surface area contributed by atoms with Gasteiger partial charge in [-0.1, -0.05) is 0 Å². The largest absolute Gasteiger partial charge is 0.506 e. The number of nitrogens with one attached hydrogen (secondary N) is 1. The van der Waals surface area contributed by atoms with Crippen molar-refractivity contribution in [2.45, 2.75) is 0 Å².